The van der Waals surface area contributed by atoms with Gasteiger partial charge in [0.15, 0.2) is 0 Å². The molecule has 6 nitrogen and oxygen atoms in total. The van der Waals surface area contributed by atoms with E-state index in [0.717, 1.165) is 5.69 Å². The van der Waals surface area contributed by atoms with E-state index in [4.69, 9.17) is 9.88 Å². The van der Waals surface area contributed by atoms with E-state index in [0.29, 0.717) is 5.88 Å². The van der Waals surface area contributed by atoms with E-state index in [1.165, 1.54) is 7.11 Å². The molecule has 0 unspecified atom stereocenters. The van der Waals surface area contributed by atoms with Crippen molar-refractivity contribution in [1.29, 1.82) is 0 Å². The highest BCUT2D eigenvalue weighted by molar-refractivity contribution is 7.89. The first-order valence-corrected chi connectivity index (χ1v) is 5.97. The van der Waals surface area contributed by atoms with Crippen molar-refractivity contribution < 1.29 is 13.2 Å². The summed E-state index contributed by atoms with van der Waals surface area (Å²) in [4.78, 5) is 3.91. The average Bonchev–Trinajstić information content (AvgIpc) is 2.16. The van der Waals surface area contributed by atoms with E-state index in [-0.39, 0.29) is 12.3 Å². The Labute approximate surface area is 88.5 Å². The minimum Gasteiger partial charge on any atom is -0.481 e. The molecule has 0 radical (unpaired) electrons. The molecule has 0 amide bonds. The van der Waals surface area contributed by atoms with Crippen LogP contribution in [-0.4, -0.2) is 32.8 Å². The van der Waals surface area contributed by atoms with Gasteiger partial charge in [0.1, 0.15) is 0 Å². The first kappa shape index (κ1) is 11.7. The SMILES string of the molecule is COc1cc(NCCS(N)(=O)=O)ccn1. The number of primary sulfonamides is 1. The van der Waals surface area contributed by atoms with Gasteiger partial charge in [0, 0.05) is 24.5 Å². The molecule has 0 aliphatic heterocycles. The minimum absolute atomic E-state index is 0.113. The number of methoxy groups -OCH3 is 1. The quantitative estimate of drug-likeness (QED) is 0.731. The number of hydrogen-bond donors (Lipinski definition) is 2. The van der Waals surface area contributed by atoms with E-state index < -0.39 is 10.0 Å². The van der Waals surface area contributed by atoms with E-state index in [2.05, 4.69) is 10.3 Å². The van der Waals surface area contributed by atoms with E-state index in [1.807, 2.05) is 0 Å². The highest BCUT2D eigenvalue weighted by Crippen LogP contribution is 2.12. The van der Waals surface area contributed by atoms with Crippen molar-refractivity contribution >= 4 is 15.7 Å². The van der Waals surface area contributed by atoms with Gasteiger partial charge in [-0.2, -0.15) is 0 Å². The van der Waals surface area contributed by atoms with Crippen LogP contribution in [0.4, 0.5) is 5.69 Å². The van der Waals surface area contributed by atoms with Gasteiger partial charge in [0.05, 0.1) is 12.9 Å². The topological polar surface area (TPSA) is 94.3 Å². The zero-order valence-corrected chi connectivity index (χ0v) is 9.12. The standard InChI is InChI=1S/C8H13N3O3S/c1-14-8-6-7(2-3-11-8)10-4-5-15(9,12)13/h2-3,6H,4-5H2,1H3,(H,10,11)(H2,9,12,13). The number of nitrogens with one attached hydrogen (secondary N) is 1. The number of nitrogens with zero attached hydrogens (tertiary/aromatic N) is 1. The second kappa shape index (κ2) is 4.94. The molecule has 0 aromatic carbocycles. The molecule has 0 spiro atoms. The number of ether oxygens (including phenoxy) is 1. The van der Waals surface area contributed by atoms with Gasteiger partial charge in [-0.3, -0.25) is 0 Å². The van der Waals surface area contributed by atoms with Crippen molar-refractivity contribution in [2.24, 2.45) is 5.14 Å². The molecule has 0 saturated carbocycles. The molecule has 0 atom stereocenters. The first-order chi connectivity index (χ1) is 7.01. The summed E-state index contributed by atoms with van der Waals surface area (Å²) in [6.45, 7) is 0.256. The third kappa shape index (κ3) is 4.61. The van der Waals surface area contributed by atoms with E-state index >= 15 is 0 Å². The summed E-state index contributed by atoms with van der Waals surface area (Å²) < 4.78 is 26.2. The Morgan fingerprint density at radius 1 is 1.60 bits per heavy atom. The van der Waals surface area contributed by atoms with Gasteiger partial charge in [0.25, 0.3) is 0 Å². The first-order valence-electron chi connectivity index (χ1n) is 4.25. The number of sulfonamides is 1. The van der Waals surface area contributed by atoms with Crippen LogP contribution >= 0.6 is 0 Å². The molecule has 1 aromatic rings. The Hall–Kier alpha value is -1.34. The third-order valence-electron chi connectivity index (χ3n) is 1.66. The molecular formula is C8H13N3O3S. The van der Waals surface area contributed by atoms with Crippen molar-refractivity contribution in [2.75, 3.05) is 24.7 Å². The highest BCUT2D eigenvalue weighted by atomic mass is 32.2. The summed E-state index contributed by atoms with van der Waals surface area (Å²) >= 11 is 0. The average molecular weight is 231 g/mol. The third-order valence-corrected chi connectivity index (χ3v) is 2.43. The molecule has 7 heteroatoms. The lowest BCUT2D eigenvalue weighted by molar-refractivity contribution is 0.398. The zero-order valence-electron chi connectivity index (χ0n) is 8.30. The number of hydrogen-bond acceptors (Lipinski definition) is 5. The van der Waals surface area contributed by atoms with Gasteiger partial charge in [-0.1, -0.05) is 0 Å². The summed E-state index contributed by atoms with van der Waals surface area (Å²) in [6, 6.07) is 3.38. The molecule has 0 aliphatic rings. The normalized spacial score (nSPS) is 11.1. The lowest BCUT2D eigenvalue weighted by atomic mass is 10.4. The molecule has 15 heavy (non-hydrogen) atoms. The summed E-state index contributed by atoms with van der Waals surface area (Å²) in [6.07, 6.45) is 1.57. The monoisotopic (exact) mass is 231 g/mol. The molecule has 1 heterocycles. The Balaban J connectivity index is 2.51. The van der Waals surface area contributed by atoms with Crippen LogP contribution in [0.15, 0.2) is 18.3 Å². The Morgan fingerprint density at radius 3 is 2.93 bits per heavy atom. The second-order valence-electron chi connectivity index (χ2n) is 2.88. The van der Waals surface area contributed by atoms with Crippen LogP contribution < -0.4 is 15.2 Å². The molecule has 0 aliphatic carbocycles. The van der Waals surface area contributed by atoms with Gasteiger partial charge in [-0.15, -0.1) is 0 Å². The largest absolute Gasteiger partial charge is 0.481 e. The molecule has 0 bridgehead atoms. The lowest BCUT2D eigenvalue weighted by Gasteiger charge is -2.06. The highest BCUT2D eigenvalue weighted by Gasteiger charge is 2.02. The summed E-state index contributed by atoms with van der Waals surface area (Å²) in [7, 11) is -1.91. The predicted molar refractivity (Wildman–Crippen MR) is 57.3 cm³/mol. The molecule has 1 rings (SSSR count). The molecule has 0 saturated heterocycles. The Bertz CT molecular complexity index is 419. The fourth-order valence-corrected chi connectivity index (χ4v) is 1.36. The number of aromatic nitrogens is 1. The van der Waals surface area contributed by atoms with Crippen LogP contribution in [0.1, 0.15) is 0 Å². The zero-order chi connectivity index (χ0) is 11.3. The number of rotatable bonds is 5. The summed E-state index contributed by atoms with van der Waals surface area (Å²) in [5.41, 5.74) is 0.741. The van der Waals surface area contributed by atoms with Gasteiger partial charge in [0.2, 0.25) is 15.9 Å². The fraction of sp³-hybridized carbons (Fsp3) is 0.375. The van der Waals surface area contributed by atoms with Gasteiger partial charge in [-0.25, -0.2) is 18.5 Å². The predicted octanol–water partition coefficient (Wildman–Crippen LogP) is -0.209. The second-order valence-corrected chi connectivity index (χ2v) is 4.61. The Morgan fingerprint density at radius 2 is 2.33 bits per heavy atom. The van der Waals surface area contributed by atoms with Crippen molar-refractivity contribution in [2.45, 2.75) is 0 Å². The smallest absolute Gasteiger partial charge is 0.214 e. The van der Waals surface area contributed by atoms with Crippen molar-refractivity contribution in [1.82, 2.24) is 4.98 Å². The summed E-state index contributed by atoms with van der Waals surface area (Å²) in [5, 5.41) is 7.75. The van der Waals surface area contributed by atoms with Crippen LogP contribution in [0.5, 0.6) is 5.88 Å². The maximum absolute atomic E-state index is 10.6. The van der Waals surface area contributed by atoms with Crippen LogP contribution in [0, 0.1) is 0 Å². The van der Waals surface area contributed by atoms with E-state index in [1.54, 1.807) is 18.3 Å². The van der Waals surface area contributed by atoms with Crippen LogP contribution in [0.25, 0.3) is 0 Å². The maximum Gasteiger partial charge on any atom is 0.214 e. The number of nitrogens with two attached hydrogens (primary N) is 1. The summed E-state index contributed by atoms with van der Waals surface area (Å²) in [5.74, 6) is 0.355. The fourth-order valence-electron chi connectivity index (χ4n) is 0.969. The number of anilines is 1. The van der Waals surface area contributed by atoms with Crippen LogP contribution in [-0.2, 0) is 10.0 Å². The van der Waals surface area contributed by atoms with Gasteiger partial charge in [-0.05, 0) is 6.07 Å². The molecular weight excluding hydrogens is 218 g/mol. The van der Waals surface area contributed by atoms with Gasteiger partial charge >= 0.3 is 0 Å². The minimum atomic E-state index is -3.42. The van der Waals surface area contributed by atoms with Crippen molar-refractivity contribution in [3.63, 3.8) is 0 Å². The molecule has 3 N–H and O–H groups in total. The van der Waals surface area contributed by atoms with Crippen molar-refractivity contribution in [3.8, 4) is 5.88 Å². The lowest BCUT2D eigenvalue weighted by Crippen LogP contribution is -2.22. The van der Waals surface area contributed by atoms with E-state index in [9.17, 15) is 8.42 Å². The molecule has 0 fully saturated rings. The maximum atomic E-state index is 10.6. The number of pyridine rings is 1. The Kier molecular flexibility index (Phi) is 3.87. The van der Waals surface area contributed by atoms with Crippen molar-refractivity contribution in [3.05, 3.63) is 18.3 Å². The van der Waals surface area contributed by atoms with Crippen LogP contribution in [0.3, 0.4) is 0 Å². The molecule has 1 aromatic heterocycles. The van der Waals surface area contributed by atoms with Crippen LogP contribution in [0.2, 0.25) is 0 Å². The van der Waals surface area contributed by atoms with Gasteiger partial charge < -0.3 is 10.1 Å². The molecule has 84 valence electrons.